The van der Waals surface area contributed by atoms with Crippen molar-refractivity contribution >= 4 is 22.7 Å². The second kappa shape index (κ2) is 11.7. The van der Waals surface area contributed by atoms with Crippen LogP contribution in [0.2, 0.25) is 0 Å². The van der Waals surface area contributed by atoms with Crippen LogP contribution in [0.25, 0.3) is 10.9 Å². The Morgan fingerprint density at radius 3 is 2.84 bits per heavy atom. The summed E-state index contributed by atoms with van der Waals surface area (Å²) in [6, 6.07) is 7.98. The Bertz CT molecular complexity index is 858. The number of ether oxygens (including phenoxy) is 1. The third-order valence-corrected chi connectivity index (χ3v) is 8.86. The zero-order chi connectivity index (χ0) is 22.3. The van der Waals surface area contributed by atoms with Crippen LogP contribution >= 0.6 is 11.8 Å². The smallest absolute Gasteiger partial charge is 0.119 e. The highest BCUT2D eigenvalue weighted by Crippen LogP contribution is 2.33. The average Bonchev–Trinajstić information content (AvgIpc) is 3.35. The molecule has 2 heterocycles. The molecule has 6 heteroatoms. The molecule has 3 atom stereocenters. The van der Waals surface area contributed by atoms with E-state index in [1.54, 1.807) is 7.11 Å². The summed E-state index contributed by atoms with van der Waals surface area (Å²) >= 11 is 2.17. The number of likely N-dealkylation sites (tertiary alicyclic amines) is 1. The van der Waals surface area contributed by atoms with E-state index >= 15 is 0 Å². The summed E-state index contributed by atoms with van der Waals surface area (Å²) in [4.78, 5) is 7.05. The maximum Gasteiger partial charge on any atom is 0.119 e. The van der Waals surface area contributed by atoms with Gasteiger partial charge in [0, 0.05) is 48.3 Å². The molecule has 0 unspecified atom stereocenters. The summed E-state index contributed by atoms with van der Waals surface area (Å²) in [7, 11) is 1.69. The second-order valence-electron chi connectivity index (χ2n) is 9.54. The molecule has 0 spiro atoms. The average molecular weight is 458 g/mol. The molecule has 0 bridgehead atoms. The Kier molecular flexibility index (Phi) is 8.69. The van der Waals surface area contributed by atoms with Gasteiger partial charge in [-0.1, -0.05) is 12.8 Å². The SMILES string of the molecule is COc1ccc2nccc([C@H](N)CC[C@@H]3CCN(CCSC4CCCC4)C[C@@H]3CO)c2c1. The summed E-state index contributed by atoms with van der Waals surface area (Å²) in [6.07, 6.45) is 10.7. The molecule has 1 saturated heterocycles. The highest BCUT2D eigenvalue weighted by atomic mass is 32.2. The number of nitrogens with two attached hydrogens (primary N) is 1. The minimum atomic E-state index is -0.0345. The third kappa shape index (κ3) is 5.96. The number of benzene rings is 1. The normalized spacial score (nSPS) is 23.6. The van der Waals surface area contributed by atoms with Crippen molar-refractivity contribution in [2.45, 2.75) is 56.2 Å². The number of fused-ring (bicyclic) bond motifs is 1. The van der Waals surface area contributed by atoms with E-state index in [4.69, 9.17) is 10.5 Å². The van der Waals surface area contributed by atoms with Crippen LogP contribution in [0.3, 0.4) is 0 Å². The number of rotatable bonds is 10. The molecular weight excluding hydrogens is 418 g/mol. The van der Waals surface area contributed by atoms with E-state index in [9.17, 15) is 5.11 Å². The number of hydrogen-bond donors (Lipinski definition) is 2. The predicted molar refractivity (Wildman–Crippen MR) is 134 cm³/mol. The first-order valence-electron chi connectivity index (χ1n) is 12.3. The fourth-order valence-electron chi connectivity index (χ4n) is 5.50. The van der Waals surface area contributed by atoms with Crippen LogP contribution < -0.4 is 10.5 Å². The minimum absolute atomic E-state index is 0.0345. The number of methoxy groups -OCH3 is 1. The molecule has 0 radical (unpaired) electrons. The Labute approximate surface area is 197 Å². The predicted octanol–water partition coefficient (Wildman–Crippen LogP) is 4.63. The van der Waals surface area contributed by atoms with Gasteiger partial charge in [0.1, 0.15) is 5.75 Å². The van der Waals surface area contributed by atoms with Gasteiger partial charge in [-0.15, -0.1) is 0 Å². The zero-order valence-electron chi connectivity index (χ0n) is 19.4. The molecule has 4 rings (SSSR count). The van der Waals surface area contributed by atoms with Gasteiger partial charge in [0.2, 0.25) is 0 Å². The van der Waals surface area contributed by atoms with Crippen molar-refractivity contribution in [1.82, 2.24) is 9.88 Å². The van der Waals surface area contributed by atoms with Gasteiger partial charge >= 0.3 is 0 Å². The number of piperidine rings is 1. The first-order chi connectivity index (χ1) is 15.7. The quantitative estimate of drug-likeness (QED) is 0.542. The third-order valence-electron chi connectivity index (χ3n) is 7.50. The fraction of sp³-hybridized carbons (Fsp3) is 0.654. The van der Waals surface area contributed by atoms with Gasteiger partial charge < -0.3 is 20.5 Å². The molecule has 3 N–H and O–H groups in total. The molecule has 1 aliphatic carbocycles. The van der Waals surface area contributed by atoms with Crippen molar-refractivity contribution in [2.24, 2.45) is 17.6 Å². The zero-order valence-corrected chi connectivity index (χ0v) is 20.2. The van der Waals surface area contributed by atoms with E-state index in [-0.39, 0.29) is 12.6 Å². The molecule has 176 valence electrons. The number of aromatic nitrogens is 1. The molecule has 1 aliphatic heterocycles. The first kappa shape index (κ1) is 23.8. The van der Waals surface area contributed by atoms with Crippen molar-refractivity contribution in [3.8, 4) is 5.75 Å². The van der Waals surface area contributed by atoms with Crippen molar-refractivity contribution in [2.75, 3.05) is 39.1 Å². The van der Waals surface area contributed by atoms with Gasteiger partial charge in [-0.2, -0.15) is 11.8 Å². The Morgan fingerprint density at radius 2 is 2.06 bits per heavy atom. The van der Waals surface area contributed by atoms with Gasteiger partial charge in [0.25, 0.3) is 0 Å². The van der Waals surface area contributed by atoms with E-state index in [0.717, 1.165) is 66.4 Å². The molecular formula is C26H39N3O2S. The number of aliphatic hydroxyl groups is 1. The highest BCUT2D eigenvalue weighted by Gasteiger charge is 2.29. The van der Waals surface area contributed by atoms with Crippen molar-refractivity contribution in [3.63, 3.8) is 0 Å². The fourth-order valence-corrected chi connectivity index (χ4v) is 6.86. The lowest BCUT2D eigenvalue weighted by Crippen LogP contribution is -2.43. The van der Waals surface area contributed by atoms with Crippen molar-refractivity contribution < 1.29 is 9.84 Å². The minimum Gasteiger partial charge on any atom is -0.497 e. The molecule has 1 saturated carbocycles. The molecule has 2 aliphatic rings. The molecule has 1 aromatic heterocycles. The molecule has 1 aromatic carbocycles. The van der Waals surface area contributed by atoms with Gasteiger partial charge in [-0.25, -0.2) is 0 Å². The topological polar surface area (TPSA) is 71.6 Å². The number of nitrogens with zero attached hydrogens (tertiary/aromatic N) is 2. The standard InChI is InChI=1S/C26H39N3O2S/c1-31-21-7-9-26-24(16-21)23(10-12-28-26)25(27)8-6-19-11-13-29(17-20(19)18-30)14-15-32-22-4-2-3-5-22/h7,9-10,12,16,19-20,22,25,30H,2-6,8,11,13-15,17-18,27H2,1H3/t19-,20-,25-/m1/s1. The molecule has 0 amide bonds. The van der Waals surface area contributed by atoms with E-state index in [1.165, 1.54) is 31.4 Å². The van der Waals surface area contributed by atoms with E-state index in [2.05, 4.69) is 21.6 Å². The number of hydrogen-bond acceptors (Lipinski definition) is 6. The number of aliphatic hydroxyl groups excluding tert-OH is 1. The van der Waals surface area contributed by atoms with Crippen LogP contribution in [0.15, 0.2) is 30.5 Å². The van der Waals surface area contributed by atoms with E-state index in [1.807, 2.05) is 30.5 Å². The van der Waals surface area contributed by atoms with Gasteiger partial charge in [-0.3, -0.25) is 4.98 Å². The lowest BCUT2D eigenvalue weighted by molar-refractivity contribution is 0.0701. The van der Waals surface area contributed by atoms with Crippen LogP contribution in [-0.4, -0.2) is 59.3 Å². The van der Waals surface area contributed by atoms with Crippen LogP contribution in [-0.2, 0) is 0 Å². The van der Waals surface area contributed by atoms with E-state index < -0.39 is 0 Å². The molecule has 2 fully saturated rings. The Morgan fingerprint density at radius 1 is 1.22 bits per heavy atom. The molecule has 5 nitrogen and oxygen atoms in total. The summed E-state index contributed by atoms with van der Waals surface area (Å²) in [6.45, 7) is 3.62. The van der Waals surface area contributed by atoms with Gasteiger partial charge in [0.05, 0.1) is 12.6 Å². The lowest BCUT2D eigenvalue weighted by atomic mass is 9.81. The molecule has 32 heavy (non-hydrogen) atoms. The van der Waals surface area contributed by atoms with Crippen LogP contribution in [0, 0.1) is 11.8 Å². The monoisotopic (exact) mass is 457 g/mol. The maximum absolute atomic E-state index is 10.1. The lowest BCUT2D eigenvalue weighted by Gasteiger charge is -2.38. The Hall–Kier alpha value is -1.34. The highest BCUT2D eigenvalue weighted by molar-refractivity contribution is 7.99. The largest absolute Gasteiger partial charge is 0.497 e. The van der Waals surface area contributed by atoms with E-state index in [0.29, 0.717) is 11.8 Å². The maximum atomic E-state index is 10.1. The van der Waals surface area contributed by atoms with Crippen LogP contribution in [0.5, 0.6) is 5.75 Å². The summed E-state index contributed by atoms with van der Waals surface area (Å²) in [5.41, 5.74) is 8.75. The Balaban J connectivity index is 1.29. The number of pyridine rings is 1. The van der Waals surface area contributed by atoms with Crippen molar-refractivity contribution in [3.05, 3.63) is 36.0 Å². The van der Waals surface area contributed by atoms with Crippen LogP contribution in [0.4, 0.5) is 0 Å². The van der Waals surface area contributed by atoms with Gasteiger partial charge in [-0.05, 0) is 80.3 Å². The number of thioether (sulfide) groups is 1. The molecule has 2 aromatic rings. The summed E-state index contributed by atoms with van der Waals surface area (Å²) in [5.74, 6) is 2.98. The van der Waals surface area contributed by atoms with Gasteiger partial charge in [0.15, 0.2) is 0 Å². The van der Waals surface area contributed by atoms with Crippen LogP contribution in [0.1, 0.15) is 56.6 Å². The summed E-state index contributed by atoms with van der Waals surface area (Å²) < 4.78 is 5.41. The first-order valence-corrected chi connectivity index (χ1v) is 13.4. The van der Waals surface area contributed by atoms with Crippen molar-refractivity contribution in [1.29, 1.82) is 0 Å². The second-order valence-corrected chi connectivity index (χ2v) is 10.9. The summed E-state index contributed by atoms with van der Waals surface area (Å²) in [5, 5.41) is 12.0.